The van der Waals surface area contributed by atoms with Gasteiger partial charge in [0.2, 0.25) is 0 Å². The van der Waals surface area contributed by atoms with Gasteiger partial charge in [0.15, 0.2) is 0 Å². The second-order valence-corrected chi connectivity index (χ2v) is 10.0. The molecule has 0 saturated heterocycles. The zero-order valence-corrected chi connectivity index (χ0v) is 19.8. The summed E-state index contributed by atoms with van der Waals surface area (Å²) in [6.07, 6.45) is 0. The molecule has 0 radical (unpaired) electrons. The normalized spacial score (nSPS) is 11.4. The first-order valence-electron chi connectivity index (χ1n) is 10.6. The maximum atomic E-state index is 13.1. The van der Waals surface area contributed by atoms with Crippen LogP contribution in [0, 0.1) is 6.92 Å². The van der Waals surface area contributed by atoms with Gasteiger partial charge in [-0.05, 0) is 48.2 Å². The van der Waals surface area contributed by atoms with Gasteiger partial charge in [-0.25, -0.2) is 18.1 Å². The van der Waals surface area contributed by atoms with E-state index in [1.165, 1.54) is 6.07 Å². The molecule has 0 aliphatic heterocycles. The van der Waals surface area contributed by atoms with E-state index in [9.17, 15) is 13.2 Å². The Hall–Kier alpha value is -2.68. The Kier molecular flexibility index (Phi) is 7.35. The molecule has 172 valence electrons. The number of nitrogens with one attached hydrogen (secondary N) is 1. The van der Waals surface area contributed by atoms with Crippen LogP contribution in [0.25, 0.3) is 21.8 Å². The SMILES string of the molecule is Cc1nc2ccc(C(=O)NS(=O)(=O)c3cccc4ccccc34)cc2n1Cc1ccccc1Cl.[NaH]. The van der Waals surface area contributed by atoms with Crippen LogP contribution in [0.3, 0.4) is 0 Å². The van der Waals surface area contributed by atoms with E-state index in [0.29, 0.717) is 28.0 Å². The first-order valence-corrected chi connectivity index (χ1v) is 12.4. The van der Waals surface area contributed by atoms with Crippen molar-refractivity contribution in [2.45, 2.75) is 18.4 Å². The van der Waals surface area contributed by atoms with Gasteiger partial charge in [-0.15, -0.1) is 0 Å². The van der Waals surface area contributed by atoms with Crippen LogP contribution in [0.2, 0.25) is 5.02 Å². The van der Waals surface area contributed by atoms with Gasteiger partial charge < -0.3 is 4.57 Å². The molecule has 1 N–H and O–H groups in total. The number of benzene rings is 4. The minimum atomic E-state index is -4.09. The summed E-state index contributed by atoms with van der Waals surface area (Å²) in [5.41, 5.74) is 2.56. The van der Waals surface area contributed by atoms with Crippen molar-refractivity contribution in [1.29, 1.82) is 0 Å². The van der Waals surface area contributed by atoms with Crippen LogP contribution in [0.1, 0.15) is 21.7 Å². The Balaban J connectivity index is 0.00000289. The number of carbonyl (C=O) groups excluding carboxylic acids is 1. The fourth-order valence-electron chi connectivity index (χ4n) is 4.05. The first-order chi connectivity index (χ1) is 16.3. The molecule has 0 unspecified atom stereocenters. The van der Waals surface area contributed by atoms with Gasteiger partial charge in [0.1, 0.15) is 5.82 Å². The molecule has 0 aliphatic carbocycles. The van der Waals surface area contributed by atoms with E-state index in [1.807, 2.05) is 54.0 Å². The number of halogens is 1. The topological polar surface area (TPSA) is 81.1 Å². The monoisotopic (exact) mass is 513 g/mol. The van der Waals surface area contributed by atoms with Crippen LogP contribution in [0.15, 0.2) is 89.8 Å². The van der Waals surface area contributed by atoms with Crippen molar-refractivity contribution >= 4 is 78.9 Å². The van der Waals surface area contributed by atoms with Gasteiger partial charge in [-0.3, -0.25) is 4.79 Å². The number of hydrogen-bond donors (Lipinski definition) is 1. The Morgan fingerprint density at radius 1 is 0.971 bits per heavy atom. The van der Waals surface area contributed by atoms with Crippen LogP contribution in [0.5, 0.6) is 0 Å². The van der Waals surface area contributed by atoms with Crippen molar-refractivity contribution in [1.82, 2.24) is 14.3 Å². The molecule has 5 aromatic rings. The zero-order chi connectivity index (χ0) is 23.9. The van der Waals surface area contributed by atoms with E-state index in [4.69, 9.17) is 11.6 Å². The van der Waals surface area contributed by atoms with Gasteiger partial charge in [-0.1, -0.05) is 66.2 Å². The summed E-state index contributed by atoms with van der Waals surface area (Å²) in [6, 6.07) is 24.6. The van der Waals surface area contributed by atoms with E-state index in [0.717, 1.165) is 16.8 Å². The fourth-order valence-corrected chi connectivity index (χ4v) is 5.45. The van der Waals surface area contributed by atoms with Crippen molar-refractivity contribution < 1.29 is 13.2 Å². The van der Waals surface area contributed by atoms with E-state index < -0.39 is 15.9 Å². The maximum absolute atomic E-state index is 13.1. The van der Waals surface area contributed by atoms with Crippen molar-refractivity contribution in [3.8, 4) is 0 Å². The van der Waals surface area contributed by atoms with Crippen LogP contribution >= 0.6 is 11.6 Å². The summed E-state index contributed by atoms with van der Waals surface area (Å²) in [5.74, 6) is 0.0498. The van der Waals surface area contributed by atoms with Crippen LogP contribution in [-0.4, -0.2) is 53.4 Å². The third-order valence-electron chi connectivity index (χ3n) is 5.75. The predicted molar refractivity (Wildman–Crippen MR) is 141 cm³/mol. The second kappa shape index (κ2) is 10.1. The number of hydrogen-bond acceptors (Lipinski definition) is 4. The number of amides is 1. The third kappa shape index (κ3) is 5.01. The number of imidazole rings is 1. The molecule has 35 heavy (non-hydrogen) atoms. The molecular weight excluding hydrogens is 493 g/mol. The summed E-state index contributed by atoms with van der Waals surface area (Å²) >= 11 is 6.33. The molecule has 0 bridgehead atoms. The number of aryl methyl sites for hydroxylation is 1. The average molecular weight is 514 g/mol. The summed E-state index contributed by atoms with van der Waals surface area (Å²) in [7, 11) is -4.09. The second-order valence-electron chi connectivity index (χ2n) is 7.95. The summed E-state index contributed by atoms with van der Waals surface area (Å²) in [4.78, 5) is 17.6. The molecule has 0 spiro atoms. The summed E-state index contributed by atoms with van der Waals surface area (Å²) in [5, 5.41) is 1.96. The van der Waals surface area contributed by atoms with Crippen molar-refractivity contribution in [2.24, 2.45) is 0 Å². The fraction of sp³-hybridized carbons (Fsp3) is 0.0769. The molecule has 5 rings (SSSR count). The number of rotatable bonds is 5. The number of nitrogens with zero attached hydrogens (tertiary/aromatic N) is 2. The van der Waals surface area contributed by atoms with Crippen LogP contribution < -0.4 is 4.72 Å². The number of sulfonamides is 1. The molecule has 0 fully saturated rings. The molecule has 0 atom stereocenters. The van der Waals surface area contributed by atoms with Crippen molar-refractivity contribution in [3.05, 3.63) is 107 Å². The van der Waals surface area contributed by atoms with E-state index in [-0.39, 0.29) is 40.0 Å². The molecule has 0 aliphatic rings. The molecule has 0 saturated carbocycles. The Bertz CT molecular complexity index is 1680. The van der Waals surface area contributed by atoms with Crippen molar-refractivity contribution in [3.63, 3.8) is 0 Å². The average Bonchev–Trinajstić information content (AvgIpc) is 3.14. The van der Waals surface area contributed by atoms with E-state index in [1.54, 1.807) is 36.4 Å². The van der Waals surface area contributed by atoms with E-state index in [2.05, 4.69) is 9.71 Å². The van der Waals surface area contributed by atoms with Crippen molar-refractivity contribution in [2.75, 3.05) is 0 Å². The van der Waals surface area contributed by atoms with Crippen LogP contribution in [0.4, 0.5) is 0 Å². The van der Waals surface area contributed by atoms with E-state index >= 15 is 0 Å². The minimum absolute atomic E-state index is 0. The number of carbonyl (C=O) groups is 1. The van der Waals surface area contributed by atoms with Crippen LogP contribution in [-0.2, 0) is 16.6 Å². The van der Waals surface area contributed by atoms with Gasteiger partial charge in [0, 0.05) is 16.0 Å². The molecule has 1 aromatic heterocycles. The molecule has 9 heteroatoms. The standard InChI is InChI=1S/C26H20ClN3O3S.Na.H/c1-17-28-23-14-13-19(15-24(23)30(17)16-20-8-3-5-11-22(20)27)26(31)29-34(32,33)25-12-6-9-18-7-2-4-10-21(18)25;;/h2-15H,16H2,1H3,(H,29,31);;. The summed E-state index contributed by atoms with van der Waals surface area (Å²) < 4.78 is 30.3. The zero-order valence-electron chi connectivity index (χ0n) is 18.2. The molecule has 1 heterocycles. The van der Waals surface area contributed by atoms with Gasteiger partial charge in [0.05, 0.1) is 22.5 Å². The van der Waals surface area contributed by atoms with Gasteiger partial charge in [0.25, 0.3) is 15.9 Å². The Morgan fingerprint density at radius 3 is 2.49 bits per heavy atom. The quantitative estimate of drug-likeness (QED) is 0.346. The Labute approximate surface area is 230 Å². The third-order valence-corrected chi connectivity index (χ3v) is 7.51. The Morgan fingerprint density at radius 2 is 1.69 bits per heavy atom. The molecule has 6 nitrogen and oxygen atoms in total. The molecular formula is C26H21ClN3NaO3S. The number of aromatic nitrogens is 2. The summed E-state index contributed by atoms with van der Waals surface area (Å²) in [6.45, 7) is 2.35. The first kappa shape index (κ1) is 25.4. The van der Waals surface area contributed by atoms with Gasteiger partial charge in [-0.2, -0.15) is 0 Å². The predicted octanol–water partition coefficient (Wildman–Crippen LogP) is 4.67. The van der Waals surface area contributed by atoms with Gasteiger partial charge >= 0.3 is 29.6 Å². The number of fused-ring (bicyclic) bond motifs is 2. The molecule has 1 amide bonds. The molecule has 4 aromatic carbocycles.